The summed E-state index contributed by atoms with van der Waals surface area (Å²) in [6.45, 7) is 8.64. The van der Waals surface area contributed by atoms with Crippen molar-refractivity contribution in [2.45, 2.75) is 72.3 Å². The van der Waals surface area contributed by atoms with Crippen LogP contribution in [-0.4, -0.2) is 39.3 Å². The van der Waals surface area contributed by atoms with Crippen LogP contribution in [0, 0.1) is 24.2 Å². The van der Waals surface area contributed by atoms with Gasteiger partial charge in [-0.05, 0) is 62.7 Å². The van der Waals surface area contributed by atoms with E-state index in [1.54, 1.807) is 9.47 Å². The third-order valence-corrected chi connectivity index (χ3v) is 9.21. The van der Waals surface area contributed by atoms with Crippen molar-refractivity contribution in [3.63, 3.8) is 0 Å². The van der Waals surface area contributed by atoms with Crippen molar-refractivity contribution in [1.82, 2.24) is 9.47 Å². The Morgan fingerprint density at radius 3 is 2.46 bits per heavy atom. The number of unbranched alkanes of at least 4 members (excludes halogenated alkanes) is 3. The molecule has 0 saturated carbocycles. The van der Waals surface area contributed by atoms with Crippen LogP contribution in [0.4, 0.5) is 5.82 Å². The number of hydrogen-bond acceptors (Lipinski definition) is 6. The highest BCUT2D eigenvalue weighted by Gasteiger charge is 2.33. The number of pyridine rings is 1. The zero-order chi connectivity index (χ0) is 27.9. The standard InChI is InChI=1S/C31H38N4O2S2/c1-4-6-7-11-16-35-30(37)27(39-31(35)38)20-25-22(3)26(21-32)29(36)34(5-2)28(25)33-17-14-24(15-18-33)19-23-12-9-8-10-13-23/h8-10,12-13,20,24H,4-7,11,14-19H2,1-3H3. The van der Waals surface area contributed by atoms with Gasteiger partial charge in [-0.15, -0.1) is 0 Å². The number of rotatable bonds is 10. The summed E-state index contributed by atoms with van der Waals surface area (Å²) in [5.41, 5.74) is 2.64. The van der Waals surface area contributed by atoms with E-state index in [9.17, 15) is 14.9 Å². The Kier molecular flexibility index (Phi) is 10.0. The van der Waals surface area contributed by atoms with E-state index in [4.69, 9.17) is 12.2 Å². The maximum Gasteiger partial charge on any atom is 0.270 e. The number of amides is 1. The van der Waals surface area contributed by atoms with Gasteiger partial charge in [0, 0.05) is 31.7 Å². The second kappa shape index (κ2) is 13.5. The van der Waals surface area contributed by atoms with E-state index in [0.717, 1.165) is 69.4 Å². The summed E-state index contributed by atoms with van der Waals surface area (Å²) < 4.78 is 2.29. The Labute approximate surface area is 241 Å². The summed E-state index contributed by atoms with van der Waals surface area (Å²) in [7, 11) is 0. The van der Waals surface area contributed by atoms with Crippen molar-refractivity contribution in [2.24, 2.45) is 5.92 Å². The van der Waals surface area contributed by atoms with E-state index in [0.29, 0.717) is 33.8 Å². The zero-order valence-electron chi connectivity index (χ0n) is 23.2. The van der Waals surface area contributed by atoms with Gasteiger partial charge in [-0.1, -0.05) is 80.5 Å². The first-order valence-electron chi connectivity index (χ1n) is 14.1. The molecule has 2 fully saturated rings. The van der Waals surface area contributed by atoms with Crippen LogP contribution in [0.3, 0.4) is 0 Å². The van der Waals surface area contributed by atoms with Crippen molar-refractivity contribution < 1.29 is 4.79 Å². The van der Waals surface area contributed by atoms with Crippen molar-refractivity contribution in [3.05, 3.63) is 67.8 Å². The highest BCUT2D eigenvalue weighted by Crippen LogP contribution is 2.37. The number of hydrogen-bond donors (Lipinski definition) is 0. The monoisotopic (exact) mass is 562 g/mol. The number of thioether (sulfide) groups is 1. The molecule has 206 valence electrons. The minimum atomic E-state index is -0.264. The van der Waals surface area contributed by atoms with Gasteiger partial charge in [0.25, 0.3) is 11.5 Å². The molecule has 3 heterocycles. The van der Waals surface area contributed by atoms with Gasteiger partial charge in [0.1, 0.15) is 21.8 Å². The number of nitrogens with zero attached hydrogens (tertiary/aromatic N) is 4. The van der Waals surface area contributed by atoms with Crippen molar-refractivity contribution in [3.8, 4) is 6.07 Å². The maximum absolute atomic E-state index is 13.4. The number of carbonyl (C=O) groups excluding carboxylic acids is 1. The van der Waals surface area contributed by atoms with Gasteiger partial charge >= 0.3 is 0 Å². The van der Waals surface area contributed by atoms with Gasteiger partial charge in [-0.3, -0.25) is 19.1 Å². The topological polar surface area (TPSA) is 69.3 Å². The van der Waals surface area contributed by atoms with Crippen LogP contribution in [0.1, 0.15) is 74.6 Å². The molecule has 1 aromatic heterocycles. The molecule has 1 amide bonds. The zero-order valence-corrected chi connectivity index (χ0v) is 24.9. The number of carbonyl (C=O) groups is 1. The number of anilines is 1. The Hall–Kier alpha value is -2.89. The quantitative estimate of drug-likeness (QED) is 0.193. The molecule has 8 heteroatoms. The van der Waals surface area contributed by atoms with E-state index >= 15 is 0 Å². The number of thiocarbonyl (C=S) groups is 1. The van der Waals surface area contributed by atoms with Gasteiger partial charge in [-0.2, -0.15) is 5.26 Å². The lowest BCUT2D eigenvalue weighted by Crippen LogP contribution is -2.39. The Morgan fingerprint density at radius 2 is 1.82 bits per heavy atom. The SMILES string of the molecule is CCCCCCN1C(=O)C(=Cc2c(C)c(C#N)c(=O)n(CC)c2N2CCC(Cc3ccccc3)CC2)SC1=S. The lowest BCUT2D eigenvalue weighted by molar-refractivity contribution is -0.122. The molecule has 0 atom stereocenters. The molecular formula is C31H38N4O2S2. The summed E-state index contributed by atoms with van der Waals surface area (Å²) in [6.07, 6.45) is 9.24. The van der Waals surface area contributed by atoms with Crippen LogP contribution >= 0.6 is 24.0 Å². The van der Waals surface area contributed by atoms with Gasteiger partial charge in [-0.25, -0.2) is 0 Å². The fourth-order valence-electron chi connectivity index (χ4n) is 5.60. The first-order chi connectivity index (χ1) is 18.9. The van der Waals surface area contributed by atoms with Crippen LogP contribution < -0.4 is 10.5 Å². The fourth-order valence-corrected chi connectivity index (χ4v) is 6.89. The maximum atomic E-state index is 13.4. The molecule has 2 saturated heterocycles. The molecular weight excluding hydrogens is 525 g/mol. The van der Waals surface area contributed by atoms with Crippen LogP contribution in [0.5, 0.6) is 0 Å². The predicted octanol–water partition coefficient (Wildman–Crippen LogP) is 6.29. The third kappa shape index (κ3) is 6.47. The predicted molar refractivity (Wildman–Crippen MR) is 165 cm³/mol. The molecule has 4 rings (SSSR count). The average Bonchev–Trinajstić information content (AvgIpc) is 3.21. The smallest absolute Gasteiger partial charge is 0.270 e. The van der Waals surface area contributed by atoms with Gasteiger partial charge in [0.15, 0.2) is 0 Å². The third-order valence-electron chi connectivity index (χ3n) is 7.83. The van der Waals surface area contributed by atoms with Gasteiger partial charge < -0.3 is 4.90 Å². The first kappa shape index (κ1) is 29.1. The summed E-state index contributed by atoms with van der Waals surface area (Å²) in [4.78, 5) is 31.3. The number of aromatic nitrogens is 1. The Balaban J connectivity index is 1.65. The lowest BCUT2D eigenvalue weighted by atomic mass is 9.90. The largest absolute Gasteiger partial charge is 0.357 e. The van der Waals surface area contributed by atoms with E-state index in [1.807, 2.05) is 26.0 Å². The molecule has 2 aliphatic rings. The van der Waals surface area contributed by atoms with Crippen LogP contribution in [-0.2, 0) is 17.8 Å². The molecule has 0 unspecified atom stereocenters. The normalized spacial score (nSPS) is 17.3. The summed E-state index contributed by atoms with van der Waals surface area (Å²) in [6, 6.07) is 12.7. The first-order valence-corrected chi connectivity index (χ1v) is 15.3. The van der Waals surface area contributed by atoms with Gasteiger partial charge in [0.05, 0.1) is 4.91 Å². The average molecular weight is 563 g/mol. The second-order valence-electron chi connectivity index (χ2n) is 10.4. The lowest BCUT2D eigenvalue weighted by Gasteiger charge is -2.36. The van der Waals surface area contributed by atoms with Crippen molar-refractivity contribution >= 4 is 46.1 Å². The highest BCUT2D eigenvalue weighted by molar-refractivity contribution is 8.26. The fraction of sp³-hybridized carbons (Fsp3) is 0.484. The van der Waals surface area contributed by atoms with Crippen LogP contribution in [0.25, 0.3) is 6.08 Å². The summed E-state index contributed by atoms with van der Waals surface area (Å²) >= 11 is 6.89. The van der Waals surface area contributed by atoms with Crippen molar-refractivity contribution in [2.75, 3.05) is 24.5 Å². The van der Waals surface area contributed by atoms with Gasteiger partial charge in [0.2, 0.25) is 0 Å². The summed E-state index contributed by atoms with van der Waals surface area (Å²) in [5, 5.41) is 9.86. The number of nitriles is 1. The molecule has 0 radical (unpaired) electrons. The molecule has 6 nitrogen and oxygen atoms in total. The number of benzene rings is 1. The van der Waals surface area contributed by atoms with Crippen LogP contribution in [0.2, 0.25) is 0 Å². The molecule has 39 heavy (non-hydrogen) atoms. The molecule has 0 spiro atoms. The van der Waals surface area contributed by atoms with E-state index in [-0.39, 0.29) is 17.0 Å². The molecule has 1 aromatic carbocycles. The van der Waals surface area contributed by atoms with E-state index in [2.05, 4.69) is 42.2 Å². The number of piperidine rings is 1. The highest BCUT2D eigenvalue weighted by atomic mass is 32.2. The molecule has 0 N–H and O–H groups in total. The van der Waals surface area contributed by atoms with E-state index < -0.39 is 0 Å². The molecule has 0 bridgehead atoms. The molecule has 2 aromatic rings. The van der Waals surface area contributed by atoms with Crippen molar-refractivity contribution in [1.29, 1.82) is 5.26 Å². The molecule has 2 aliphatic heterocycles. The van der Waals surface area contributed by atoms with E-state index in [1.165, 1.54) is 17.3 Å². The minimum Gasteiger partial charge on any atom is -0.357 e. The minimum absolute atomic E-state index is 0.0822. The Morgan fingerprint density at radius 1 is 1.10 bits per heavy atom. The Bertz CT molecular complexity index is 1340. The second-order valence-corrected chi connectivity index (χ2v) is 12.1. The van der Waals surface area contributed by atoms with Crippen LogP contribution in [0.15, 0.2) is 40.0 Å². The summed E-state index contributed by atoms with van der Waals surface area (Å²) in [5.74, 6) is 1.31. The molecule has 0 aliphatic carbocycles.